The van der Waals surface area contributed by atoms with Crippen LogP contribution in [0.15, 0.2) is 22.7 Å². The normalized spacial score (nSPS) is 14.8. The van der Waals surface area contributed by atoms with Crippen molar-refractivity contribution in [3.63, 3.8) is 0 Å². The van der Waals surface area contributed by atoms with E-state index in [1.54, 1.807) is 0 Å². The Morgan fingerprint density at radius 3 is 2.58 bits per heavy atom. The third-order valence-corrected chi connectivity index (χ3v) is 4.17. The Morgan fingerprint density at radius 2 is 1.92 bits per heavy atom. The molecule has 1 saturated carbocycles. The predicted octanol–water partition coefficient (Wildman–Crippen LogP) is 2.90. The number of urea groups is 1. The monoisotopic (exact) mass is 400 g/mol. The average Bonchev–Trinajstić information content (AvgIpc) is 2.53. The molecule has 3 amide bonds. The van der Waals surface area contributed by atoms with E-state index >= 15 is 0 Å². The zero-order valence-corrected chi connectivity index (χ0v) is 14.5. The number of hydrogen-bond donors (Lipinski definition) is 2. The summed E-state index contributed by atoms with van der Waals surface area (Å²) in [5.41, 5.74) is -0.280. The van der Waals surface area contributed by atoms with Gasteiger partial charge in [0.15, 0.2) is 6.61 Å². The van der Waals surface area contributed by atoms with Gasteiger partial charge in [0.25, 0.3) is 5.91 Å². The summed E-state index contributed by atoms with van der Waals surface area (Å²) in [7, 11) is 0. The number of amides is 3. The SMILES string of the molecule is O=C(COC(=O)c1ccc(Br)cc1F)NC(=O)NC1CCCCC1. The number of halogens is 2. The van der Waals surface area contributed by atoms with Crippen LogP contribution in [0.5, 0.6) is 0 Å². The highest BCUT2D eigenvalue weighted by Gasteiger charge is 2.18. The summed E-state index contributed by atoms with van der Waals surface area (Å²) in [6.07, 6.45) is 5.03. The molecule has 1 aromatic carbocycles. The van der Waals surface area contributed by atoms with Crippen LogP contribution >= 0.6 is 15.9 Å². The van der Waals surface area contributed by atoms with Crippen molar-refractivity contribution in [1.29, 1.82) is 0 Å². The fourth-order valence-corrected chi connectivity index (χ4v) is 2.83. The Bertz CT molecular complexity index is 633. The Kier molecular flexibility index (Phi) is 6.72. The Hall–Kier alpha value is -1.96. The van der Waals surface area contributed by atoms with Crippen molar-refractivity contribution < 1.29 is 23.5 Å². The number of imide groups is 1. The molecule has 0 radical (unpaired) electrons. The highest BCUT2D eigenvalue weighted by Crippen LogP contribution is 2.17. The number of benzene rings is 1. The molecule has 1 aliphatic carbocycles. The third kappa shape index (κ3) is 5.59. The maximum atomic E-state index is 13.6. The summed E-state index contributed by atoms with van der Waals surface area (Å²) in [4.78, 5) is 35.0. The molecule has 130 valence electrons. The van der Waals surface area contributed by atoms with Crippen molar-refractivity contribution in [2.75, 3.05) is 6.61 Å². The van der Waals surface area contributed by atoms with E-state index in [4.69, 9.17) is 4.74 Å². The van der Waals surface area contributed by atoms with E-state index in [1.165, 1.54) is 12.1 Å². The molecular formula is C16H18BrFN2O4. The minimum Gasteiger partial charge on any atom is -0.452 e. The lowest BCUT2D eigenvalue weighted by Crippen LogP contribution is -2.46. The van der Waals surface area contributed by atoms with Crippen LogP contribution in [0.2, 0.25) is 0 Å². The van der Waals surface area contributed by atoms with Crippen molar-refractivity contribution in [3.05, 3.63) is 34.1 Å². The zero-order valence-electron chi connectivity index (χ0n) is 12.9. The van der Waals surface area contributed by atoms with Crippen molar-refractivity contribution >= 4 is 33.8 Å². The molecule has 24 heavy (non-hydrogen) atoms. The van der Waals surface area contributed by atoms with Crippen LogP contribution in [0.25, 0.3) is 0 Å². The van der Waals surface area contributed by atoms with Crippen molar-refractivity contribution in [3.8, 4) is 0 Å². The molecule has 0 aliphatic heterocycles. The third-order valence-electron chi connectivity index (χ3n) is 3.68. The molecule has 0 bridgehead atoms. The molecule has 0 atom stereocenters. The fourth-order valence-electron chi connectivity index (χ4n) is 2.49. The molecule has 2 rings (SSSR count). The van der Waals surface area contributed by atoms with E-state index in [0.29, 0.717) is 4.47 Å². The Labute approximate surface area is 147 Å². The van der Waals surface area contributed by atoms with Crippen LogP contribution < -0.4 is 10.6 Å². The molecule has 1 aromatic rings. The Morgan fingerprint density at radius 1 is 1.21 bits per heavy atom. The Balaban J connectivity index is 1.75. The first-order valence-electron chi connectivity index (χ1n) is 7.68. The smallest absolute Gasteiger partial charge is 0.341 e. The maximum Gasteiger partial charge on any atom is 0.341 e. The van der Waals surface area contributed by atoms with E-state index in [1.807, 2.05) is 0 Å². The van der Waals surface area contributed by atoms with Gasteiger partial charge in [0, 0.05) is 10.5 Å². The number of esters is 1. The standard InChI is InChI=1S/C16H18BrFN2O4/c17-10-6-7-12(13(18)8-10)15(22)24-9-14(21)20-16(23)19-11-4-2-1-3-5-11/h6-8,11H,1-5,9H2,(H2,19,20,21,23). The van der Waals surface area contributed by atoms with E-state index in [0.717, 1.165) is 38.2 Å². The van der Waals surface area contributed by atoms with Gasteiger partial charge < -0.3 is 10.1 Å². The average molecular weight is 401 g/mol. The van der Waals surface area contributed by atoms with Gasteiger partial charge in [-0.2, -0.15) is 0 Å². The quantitative estimate of drug-likeness (QED) is 0.760. The first-order chi connectivity index (χ1) is 11.5. The van der Waals surface area contributed by atoms with Crippen molar-refractivity contribution in [2.45, 2.75) is 38.1 Å². The van der Waals surface area contributed by atoms with Crippen LogP contribution in [0, 0.1) is 5.82 Å². The summed E-state index contributed by atoms with van der Waals surface area (Å²) in [6.45, 7) is -0.660. The van der Waals surface area contributed by atoms with Crippen LogP contribution in [-0.2, 0) is 9.53 Å². The molecule has 1 fully saturated rings. The van der Waals surface area contributed by atoms with E-state index in [-0.39, 0.29) is 11.6 Å². The first-order valence-corrected chi connectivity index (χ1v) is 8.47. The molecule has 0 unspecified atom stereocenters. The van der Waals surface area contributed by atoms with Crippen LogP contribution in [0.4, 0.5) is 9.18 Å². The van der Waals surface area contributed by atoms with Crippen LogP contribution in [-0.4, -0.2) is 30.6 Å². The molecule has 6 nitrogen and oxygen atoms in total. The summed E-state index contributed by atoms with van der Waals surface area (Å²) in [6, 6.07) is 3.30. The lowest BCUT2D eigenvalue weighted by Gasteiger charge is -2.22. The predicted molar refractivity (Wildman–Crippen MR) is 87.9 cm³/mol. The topological polar surface area (TPSA) is 84.5 Å². The van der Waals surface area contributed by atoms with E-state index in [2.05, 4.69) is 26.6 Å². The van der Waals surface area contributed by atoms with Gasteiger partial charge in [0.2, 0.25) is 0 Å². The van der Waals surface area contributed by atoms with Gasteiger partial charge in [-0.15, -0.1) is 0 Å². The molecule has 1 aliphatic rings. The summed E-state index contributed by atoms with van der Waals surface area (Å²) < 4.78 is 18.8. The van der Waals surface area contributed by atoms with Gasteiger partial charge in [-0.25, -0.2) is 14.0 Å². The number of rotatable bonds is 4. The number of hydrogen-bond acceptors (Lipinski definition) is 4. The molecule has 2 N–H and O–H groups in total. The second-order valence-corrected chi connectivity index (χ2v) is 6.47. The number of nitrogens with one attached hydrogen (secondary N) is 2. The van der Waals surface area contributed by atoms with Crippen molar-refractivity contribution in [1.82, 2.24) is 10.6 Å². The molecule has 0 spiro atoms. The summed E-state index contributed by atoms with van der Waals surface area (Å²) >= 11 is 3.07. The second-order valence-electron chi connectivity index (χ2n) is 5.56. The lowest BCUT2D eigenvalue weighted by molar-refractivity contribution is -0.123. The van der Waals surface area contributed by atoms with Gasteiger partial charge in [0.05, 0.1) is 5.56 Å². The number of carbonyl (C=O) groups excluding carboxylic acids is 3. The number of carbonyl (C=O) groups is 3. The molecule has 0 heterocycles. The minimum atomic E-state index is -0.970. The van der Waals surface area contributed by atoms with Crippen LogP contribution in [0.3, 0.4) is 0 Å². The van der Waals surface area contributed by atoms with Gasteiger partial charge in [-0.05, 0) is 31.0 Å². The van der Waals surface area contributed by atoms with Crippen molar-refractivity contribution in [2.24, 2.45) is 0 Å². The summed E-state index contributed by atoms with van der Waals surface area (Å²) in [5.74, 6) is -2.50. The van der Waals surface area contributed by atoms with Gasteiger partial charge >= 0.3 is 12.0 Å². The lowest BCUT2D eigenvalue weighted by atomic mass is 9.96. The molecule has 0 saturated heterocycles. The van der Waals surface area contributed by atoms with Gasteiger partial charge in [0.1, 0.15) is 5.82 Å². The highest BCUT2D eigenvalue weighted by atomic mass is 79.9. The largest absolute Gasteiger partial charge is 0.452 e. The fraction of sp³-hybridized carbons (Fsp3) is 0.438. The van der Waals surface area contributed by atoms with E-state index in [9.17, 15) is 18.8 Å². The first kappa shape index (κ1) is 18.4. The van der Waals surface area contributed by atoms with Crippen LogP contribution in [0.1, 0.15) is 42.5 Å². The molecular weight excluding hydrogens is 383 g/mol. The zero-order chi connectivity index (χ0) is 17.5. The maximum absolute atomic E-state index is 13.6. The van der Waals surface area contributed by atoms with E-state index < -0.39 is 30.3 Å². The van der Waals surface area contributed by atoms with Gasteiger partial charge in [-0.3, -0.25) is 10.1 Å². The van der Waals surface area contributed by atoms with Gasteiger partial charge in [-0.1, -0.05) is 35.2 Å². The highest BCUT2D eigenvalue weighted by molar-refractivity contribution is 9.10. The molecule has 0 aromatic heterocycles. The molecule has 8 heteroatoms. The minimum absolute atomic E-state index is 0.0611. The number of ether oxygens (including phenoxy) is 1. The summed E-state index contributed by atoms with van der Waals surface area (Å²) in [5, 5.41) is 4.80. The second kappa shape index (κ2) is 8.77.